The van der Waals surface area contributed by atoms with Crippen molar-refractivity contribution in [2.24, 2.45) is 5.73 Å². The molecular formula is C12H16BrNO. The molecule has 0 radical (unpaired) electrons. The number of nitrogens with two attached hydrogens (primary N) is 1. The molecule has 0 saturated carbocycles. The monoisotopic (exact) mass is 269 g/mol. The standard InChI is InChI=1S/C12H16BrNO/c13-11-4-2-1-3-10(11)9-12(14)5-7-15-8-6-12/h1-4H,5-9,14H2. The second-order valence-corrected chi connectivity index (χ2v) is 5.10. The van der Waals surface area contributed by atoms with Gasteiger partial charge in [0.15, 0.2) is 0 Å². The van der Waals surface area contributed by atoms with Crippen molar-refractivity contribution >= 4 is 15.9 Å². The number of halogens is 1. The Balaban J connectivity index is 2.10. The van der Waals surface area contributed by atoms with Gasteiger partial charge in [-0.25, -0.2) is 0 Å². The molecule has 2 nitrogen and oxygen atoms in total. The lowest BCUT2D eigenvalue weighted by atomic mass is 9.85. The molecule has 1 saturated heterocycles. The van der Waals surface area contributed by atoms with Crippen LogP contribution in [-0.4, -0.2) is 18.8 Å². The van der Waals surface area contributed by atoms with E-state index < -0.39 is 0 Å². The van der Waals surface area contributed by atoms with Gasteiger partial charge in [-0.2, -0.15) is 0 Å². The Bertz CT molecular complexity index is 334. The van der Waals surface area contributed by atoms with Gasteiger partial charge in [-0.05, 0) is 30.9 Å². The molecule has 3 heteroatoms. The summed E-state index contributed by atoms with van der Waals surface area (Å²) in [5.41, 5.74) is 7.57. The van der Waals surface area contributed by atoms with Crippen molar-refractivity contribution in [3.63, 3.8) is 0 Å². The van der Waals surface area contributed by atoms with Gasteiger partial charge in [-0.3, -0.25) is 0 Å². The smallest absolute Gasteiger partial charge is 0.0483 e. The van der Waals surface area contributed by atoms with E-state index in [1.165, 1.54) is 5.56 Å². The largest absolute Gasteiger partial charge is 0.381 e. The molecule has 0 unspecified atom stereocenters. The van der Waals surface area contributed by atoms with Gasteiger partial charge in [0.05, 0.1) is 0 Å². The van der Waals surface area contributed by atoms with E-state index in [4.69, 9.17) is 10.5 Å². The van der Waals surface area contributed by atoms with Crippen LogP contribution >= 0.6 is 15.9 Å². The summed E-state index contributed by atoms with van der Waals surface area (Å²) < 4.78 is 6.50. The lowest BCUT2D eigenvalue weighted by Gasteiger charge is -2.33. The Hall–Kier alpha value is -0.380. The zero-order valence-electron chi connectivity index (χ0n) is 8.71. The summed E-state index contributed by atoms with van der Waals surface area (Å²) in [6.07, 6.45) is 2.83. The normalized spacial score (nSPS) is 20.1. The van der Waals surface area contributed by atoms with Crippen LogP contribution in [-0.2, 0) is 11.2 Å². The van der Waals surface area contributed by atoms with E-state index in [1.54, 1.807) is 0 Å². The molecule has 1 aromatic carbocycles. The average molecular weight is 270 g/mol. The van der Waals surface area contributed by atoms with Crippen LogP contribution in [0.2, 0.25) is 0 Å². The van der Waals surface area contributed by atoms with Gasteiger partial charge in [0.25, 0.3) is 0 Å². The highest BCUT2D eigenvalue weighted by molar-refractivity contribution is 9.10. The highest BCUT2D eigenvalue weighted by atomic mass is 79.9. The first kappa shape index (κ1) is 11.1. The molecule has 0 aromatic heterocycles. The molecule has 82 valence electrons. The van der Waals surface area contributed by atoms with Gasteiger partial charge in [-0.1, -0.05) is 34.1 Å². The summed E-state index contributed by atoms with van der Waals surface area (Å²) >= 11 is 3.56. The van der Waals surface area contributed by atoms with Crippen molar-refractivity contribution in [2.75, 3.05) is 13.2 Å². The zero-order valence-corrected chi connectivity index (χ0v) is 10.3. The van der Waals surface area contributed by atoms with Crippen LogP contribution in [0.25, 0.3) is 0 Å². The molecule has 1 heterocycles. The molecule has 1 aliphatic rings. The van der Waals surface area contributed by atoms with Gasteiger partial charge < -0.3 is 10.5 Å². The van der Waals surface area contributed by atoms with Crippen molar-refractivity contribution in [1.82, 2.24) is 0 Å². The van der Waals surface area contributed by atoms with Gasteiger partial charge in [-0.15, -0.1) is 0 Å². The summed E-state index contributed by atoms with van der Waals surface area (Å²) in [5.74, 6) is 0. The molecule has 0 atom stereocenters. The Kier molecular flexibility index (Phi) is 3.44. The maximum absolute atomic E-state index is 6.36. The Morgan fingerprint density at radius 3 is 2.60 bits per heavy atom. The lowest BCUT2D eigenvalue weighted by molar-refractivity contribution is 0.0533. The van der Waals surface area contributed by atoms with Gasteiger partial charge >= 0.3 is 0 Å². The van der Waals surface area contributed by atoms with Crippen LogP contribution in [0.3, 0.4) is 0 Å². The second kappa shape index (κ2) is 4.64. The molecule has 2 rings (SSSR count). The molecule has 1 fully saturated rings. The van der Waals surface area contributed by atoms with Crippen LogP contribution < -0.4 is 5.73 Å². The molecule has 1 aliphatic heterocycles. The molecule has 15 heavy (non-hydrogen) atoms. The number of hydrogen-bond acceptors (Lipinski definition) is 2. The molecule has 0 spiro atoms. The third kappa shape index (κ3) is 2.80. The number of benzene rings is 1. The average Bonchev–Trinajstić information content (AvgIpc) is 2.22. The predicted octanol–water partition coefficient (Wildman–Crippen LogP) is 2.50. The van der Waals surface area contributed by atoms with Crippen molar-refractivity contribution in [1.29, 1.82) is 0 Å². The minimum absolute atomic E-state index is 0.0812. The van der Waals surface area contributed by atoms with E-state index in [9.17, 15) is 0 Å². The number of hydrogen-bond donors (Lipinski definition) is 1. The van der Waals surface area contributed by atoms with E-state index >= 15 is 0 Å². The SMILES string of the molecule is NC1(Cc2ccccc2Br)CCOCC1. The summed E-state index contributed by atoms with van der Waals surface area (Å²) in [7, 11) is 0. The molecule has 0 bridgehead atoms. The van der Waals surface area contributed by atoms with E-state index in [0.717, 1.165) is 36.9 Å². The van der Waals surface area contributed by atoms with Gasteiger partial charge in [0.2, 0.25) is 0 Å². The topological polar surface area (TPSA) is 35.2 Å². The van der Waals surface area contributed by atoms with Crippen LogP contribution in [0.5, 0.6) is 0 Å². The Labute approximate surface area is 98.9 Å². The summed E-state index contributed by atoms with van der Waals surface area (Å²) in [5, 5.41) is 0. The number of ether oxygens (including phenoxy) is 1. The van der Waals surface area contributed by atoms with Crippen molar-refractivity contribution in [3.05, 3.63) is 34.3 Å². The Morgan fingerprint density at radius 2 is 1.93 bits per heavy atom. The van der Waals surface area contributed by atoms with Crippen molar-refractivity contribution in [3.8, 4) is 0 Å². The number of rotatable bonds is 2. The van der Waals surface area contributed by atoms with Crippen LogP contribution in [0.15, 0.2) is 28.7 Å². The molecule has 2 N–H and O–H groups in total. The summed E-state index contributed by atoms with van der Waals surface area (Å²) in [6, 6.07) is 8.29. The van der Waals surface area contributed by atoms with E-state index in [2.05, 4.69) is 34.1 Å². The first-order valence-corrected chi connectivity index (χ1v) is 6.09. The van der Waals surface area contributed by atoms with E-state index in [-0.39, 0.29) is 5.54 Å². The zero-order chi connectivity index (χ0) is 10.7. The fraction of sp³-hybridized carbons (Fsp3) is 0.500. The van der Waals surface area contributed by atoms with Crippen molar-refractivity contribution in [2.45, 2.75) is 24.8 Å². The molecular weight excluding hydrogens is 254 g/mol. The van der Waals surface area contributed by atoms with Crippen LogP contribution in [0.1, 0.15) is 18.4 Å². The third-order valence-corrected chi connectivity index (χ3v) is 3.76. The van der Waals surface area contributed by atoms with E-state index in [1.807, 2.05) is 6.07 Å². The quantitative estimate of drug-likeness (QED) is 0.896. The van der Waals surface area contributed by atoms with Gasteiger partial charge in [0.1, 0.15) is 0 Å². The fourth-order valence-electron chi connectivity index (χ4n) is 1.98. The summed E-state index contributed by atoms with van der Waals surface area (Å²) in [6.45, 7) is 1.59. The fourth-order valence-corrected chi connectivity index (χ4v) is 2.40. The third-order valence-electron chi connectivity index (χ3n) is 2.99. The minimum atomic E-state index is -0.0812. The maximum Gasteiger partial charge on any atom is 0.0483 e. The first-order valence-electron chi connectivity index (χ1n) is 5.30. The predicted molar refractivity (Wildman–Crippen MR) is 64.8 cm³/mol. The lowest BCUT2D eigenvalue weighted by Crippen LogP contribution is -2.46. The first-order chi connectivity index (χ1) is 7.20. The molecule has 1 aromatic rings. The van der Waals surface area contributed by atoms with Crippen LogP contribution in [0, 0.1) is 0 Å². The highest BCUT2D eigenvalue weighted by Crippen LogP contribution is 2.26. The van der Waals surface area contributed by atoms with Crippen molar-refractivity contribution < 1.29 is 4.74 Å². The molecule has 0 aliphatic carbocycles. The van der Waals surface area contributed by atoms with Crippen LogP contribution in [0.4, 0.5) is 0 Å². The van der Waals surface area contributed by atoms with Gasteiger partial charge in [0, 0.05) is 23.2 Å². The molecule has 0 amide bonds. The second-order valence-electron chi connectivity index (χ2n) is 4.24. The minimum Gasteiger partial charge on any atom is -0.381 e. The highest BCUT2D eigenvalue weighted by Gasteiger charge is 2.28. The van der Waals surface area contributed by atoms with E-state index in [0.29, 0.717) is 0 Å². The Morgan fingerprint density at radius 1 is 1.27 bits per heavy atom. The maximum atomic E-state index is 6.36. The summed E-state index contributed by atoms with van der Waals surface area (Å²) in [4.78, 5) is 0.